The zero-order chi connectivity index (χ0) is 14.1. The second-order valence-electron chi connectivity index (χ2n) is 4.33. The van der Waals surface area contributed by atoms with E-state index in [0.29, 0.717) is 17.2 Å². The van der Waals surface area contributed by atoms with E-state index >= 15 is 0 Å². The molecule has 0 spiro atoms. The first-order chi connectivity index (χ1) is 9.63. The van der Waals surface area contributed by atoms with Crippen molar-refractivity contribution in [2.24, 2.45) is 0 Å². The third kappa shape index (κ3) is 2.42. The second-order valence-corrected chi connectivity index (χ2v) is 5.59. The summed E-state index contributed by atoms with van der Waals surface area (Å²) in [6.07, 6.45) is 0. The fraction of sp³-hybridized carbons (Fsp3) is 0.214. The molecular formula is C14H12O5S. The van der Waals surface area contributed by atoms with Gasteiger partial charge < -0.3 is 19.3 Å². The van der Waals surface area contributed by atoms with Gasteiger partial charge in [0.1, 0.15) is 12.4 Å². The van der Waals surface area contributed by atoms with Crippen molar-refractivity contribution in [1.82, 2.24) is 0 Å². The molecule has 1 aromatic carbocycles. The van der Waals surface area contributed by atoms with Gasteiger partial charge in [0.05, 0.1) is 0 Å². The molecule has 1 aliphatic rings. The number of thiophene rings is 1. The number of aromatic carboxylic acids is 1. The van der Waals surface area contributed by atoms with Crippen LogP contribution in [0, 0.1) is 6.92 Å². The summed E-state index contributed by atoms with van der Waals surface area (Å²) in [6, 6.07) is 7.26. The lowest BCUT2D eigenvalue weighted by molar-refractivity contribution is 0.0697. The molecule has 0 unspecified atom stereocenters. The Balaban J connectivity index is 1.75. The summed E-state index contributed by atoms with van der Waals surface area (Å²) < 4.78 is 16.1. The average molecular weight is 292 g/mol. The van der Waals surface area contributed by atoms with Gasteiger partial charge >= 0.3 is 5.97 Å². The lowest BCUT2D eigenvalue weighted by Gasteiger charge is -2.06. The van der Waals surface area contributed by atoms with Gasteiger partial charge in [-0.05, 0) is 30.7 Å². The van der Waals surface area contributed by atoms with Gasteiger partial charge in [-0.3, -0.25) is 0 Å². The summed E-state index contributed by atoms with van der Waals surface area (Å²) in [4.78, 5) is 12.2. The molecule has 0 radical (unpaired) electrons. The first-order valence-electron chi connectivity index (χ1n) is 5.98. The summed E-state index contributed by atoms with van der Waals surface area (Å²) in [5.41, 5.74) is 0.898. The van der Waals surface area contributed by atoms with E-state index in [4.69, 9.17) is 19.3 Å². The number of rotatable bonds is 4. The van der Waals surface area contributed by atoms with Crippen molar-refractivity contribution in [3.05, 3.63) is 39.6 Å². The summed E-state index contributed by atoms with van der Waals surface area (Å²) in [7, 11) is 0. The molecule has 104 valence electrons. The van der Waals surface area contributed by atoms with Crippen LogP contribution in [-0.4, -0.2) is 17.9 Å². The van der Waals surface area contributed by atoms with Crippen molar-refractivity contribution in [1.29, 1.82) is 0 Å². The Hall–Kier alpha value is -2.21. The molecule has 2 aromatic rings. The monoisotopic (exact) mass is 292 g/mol. The zero-order valence-electron chi connectivity index (χ0n) is 10.7. The van der Waals surface area contributed by atoms with Gasteiger partial charge in [-0.15, -0.1) is 11.3 Å². The van der Waals surface area contributed by atoms with Crippen LogP contribution in [0.5, 0.6) is 17.2 Å². The molecule has 0 amide bonds. The minimum atomic E-state index is -0.969. The molecule has 0 atom stereocenters. The van der Waals surface area contributed by atoms with Crippen LogP contribution < -0.4 is 14.2 Å². The quantitative estimate of drug-likeness (QED) is 0.938. The smallest absolute Gasteiger partial charge is 0.349 e. The molecule has 0 aliphatic carbocycles. The van der Waals surface area contributed by atoms with Gasteiger partial charge in [0.25, 0.3) is 0 Å². The summed E-state index contributed by atoms with van der Waals surface area (Å²) in [5.74, 6) is 0.832. The molecular weight excluding hydrogens is 280 g/mol. The number of carboxylic acid groups (broad SMARTS) is 1. The highest BCUT2D eigenvalue weighted by atomic mass is 32.1. The number of carboxylic acids is 1. The second kappa shape index (κ2) is 5.05. The number of fused-ring (bicyclic) bond motifs is 1. The van der Waals surface area contributed by atoms with E-state index in [0.717, 1.165) is 10.4 Å². The minimum Gasteiger partial charge on any atom is -0.487 e. The Labute approximate surface area is 119 Å². The standard InChI is InChI=1S/C14H12O5S/c1-8-4-12(13(20-8)14(15)16)17-6-9-2-3-10-11(5-9)19-7-18-10/h2-5H,6-7H2,1H3,(H,15,16). The van der Waals surface area contributed by atoms with E-state index in [1.807, 2.05) is 25.1 Å². The van der Waals surface area contributed by atoms with E-state index < -0.39 is 5.97 Å². The SMILES string of the molecule is Cc1cc(OCc2ccc3c(c2)OCO3)c(C(=O)O)s1. The molecule has 0 fully saturated rings. The predicted molar refractivity (Wildman–Crippen MR) is 72.9 cm³/mol. The molecule has 3 rings (SSSR count). The number of benzene rings is 1. The first kappa shape index (κ1) is 12.8. The van der Waals surface area contributed by atoms with Crippen molar-refractivity contribution in [3.8, 4) is 17.2 Å². The molecule has 1 aliphatic heterocycles. The number of carbonyl (C=O) groups is 1. The third-order valence-electron chi connectivity index (χ3n) is 2.85. The fourth-order valence-corrected chi connectivity index (χ4v) is 2.73. The van der Waals surface area contributed by atoms with Crippen LogP contribution in [0.3, 0.4) is 0 Å². The highest BCUT2D eigenvalue weighted by molar-refractivity contribution is 7.14. The van der Waals surface area contributed by atoms with Gasteiger partial charge in [-0.25, -0.2) is 4.79 Å². The van der Waals surface area contributed by atoms with E-state index in [1.165, 1.54) is 11.3 Å². The van der Waals surface area contributed by atoms with Gasteiger partial charge in [0.15, 0.2) is 16.4 Å². The molecule has 2 heterocycles. The van der Waals surface area contributed by atoms with Crippen molar-refractivity contribution in [3.63, 3.8) is 0 Å². The highest BCUT2D eigenvalue weighted by Crippen LogP contribution is 2.33. The van der Waals surface area contributed by atoms with Crippen molar-refractivity contribution < 1.29 is 24.1 Å². The molecule has 1 N–H and O–H groups in total. The van der Waals surface area contributed by atoms with Crippen LogP contribution in [0.4, 0.5) is 0 Å². The fourth-order valence-electron chi connectivity index (χ4n) is 1.94. The maximum absolute atomic E-state index is 11.1. The summed E-state index contributed by atoms with van der Waals surface area (Å²) in [6.45, 7) is 2.37. The average Bonchev–Trinajstić information content (AvgIpc) is 3.01. The molecule has 5 nitrogen and oxygen atoms in total. The molecule has 0 saturated carbocycles. The maximum atomic E-state index is 11.1. The van der Waals surface area contributed by atoms with Gasteiger partial charge in [0.2, 0.25) is 6.79 Å². The number of ether oxygens (including phenoxy) is 3. The normalized spacial score (nSPS) is 12.4. The van der Waals surface area contributed by atoms with E-state index in [9.17, 15) is 4.79 Å². The van der Waals surface area contributed by atoms with Gasteiger partial charge in [0, 0.05) is 4.88 Å². The lowest BCUT2D eigenvalue weighted by atomic mass is 10.2. The van der Waals surface area contributed by atoms with Gasteiger partial charge in [-0.2, -0.15) is 0 Å². The largest absolute Gasteiger partial charge is 0.487 e. The molecule has 20 heavy (non-hydrogen) atoms. The summed E-state index contributed by atoms with van der Waals surface area (Å²) >= 11 is 1.21. The van der Waals surface area contributed by atoms with Crippen LogP contribution in [0.25, 0.3) is 0 Å². The van der Waals surface area contributed by atoms with Crippen LogP contribution in [0.2, 0.25) is 0 Å². The Morgan fingerprint density at radius 1 is 1.35 bits per heavy atom. The van der Waals surface area contributed by atoms with E-state index in [2.05, 4.69) is 0 Å². The van der Waals surface area contributed by atoms with Crippen molar-refractivity contribution >= 4 is 17.3 Å². The van der Waals surface area contributed by atoms with Crippen molar-refractivity contribution in [2.45, 2.75) is 13.5 Å². The minimum absolute atomic E-state index is 0.225. The van der Waals surface area contributed by atoms with Gasteiger partial charge in [-0.1, -0.05) is 6.07 Å². The Morgan fingerprint density at radius 3 is 2.95 bits per heavy atom. The molecule has 1 aromatic heterocycles. The summed E-state index contributed by atoms with van der Waals surface area (Å²) in [5, 5.41) is 9.10. The van der Waals surface area contributed by atoms with E-state index in [-0.39, 0.29) is 18.3 Å². The third-order valence-corrected chi connectivity index (χ3v) is 3.87. The van der Waals surface area contributed by atoms with Crippen molar-refractivity contribution in [2.75, 3.05) is 6.79 Å². The highest BCUT2D eigenvalue weighted by Gasteiger charge is 2.17. The van der Waals surface area contributed by atoms with Crippen LogP contribution in [0.15, 0.2) is 24.3 Å². The topological polar surface area (TPSA) is 65.0 Å². The van der Waals surface area contributed by atoms with E-state index in [1.54, 1.807) is 6.07 Å². The van der Waals surface area contributed by atoms with Crippen LogP contribution in [0.1, 0.15) is 20.1 Å². The first-order valence-corrected chi connectivity index (χ1v) is 6.80. The number of hydrogen-bond acceptors (Lipinski definition) is 5. The number of hydrogen-bond donors (Lipinski definition) is 1. The van der Waals surface area contributed by atoms with Crippen LogP contribution in [-0.2, 0) is 6.61 Å². The maximum Gasteiger partial charge on any atom is 0.349 e. The number of aryl methyl sites for hydroxylation is 1. The molecule has 0 bridgehead atoms. The Bertz CT molecular complexity index is 662. The Kier molecular flexibility index (Phi) is 3.23. The Morgan fingerprint density at radius 2 is 2.15 bits per heavy atom. The van der Waals surface area contributed by atoms with Crippen LogP contribution >= 0.6 is 11.3 Å². The molecule has 0 saturated heterocycles. The zero-order valence-corrected chi connectivity index (χ0v) is 11.5. The molecule has 6 heteroatoms. The predicted octanol–water partition coefficient (Wildman–Crippen LogP) is 3.06. The lowest BCUT2D eigenvalue weighted by Crippen LogP contribution is -2.00.